The topological polar surface area (TPSA) is 82.5 Å². The summed E-state index contributed by atoms with van der Waals surface area (Å²) in [4.78, 5) is 17.0. The number of fused-ring (bicyclic) bond motifs is 1. The molecule has 0 spiro atoms. The first-order valence-electron chi connectivity index (χ1n) is 7.96. The second-order valence-corrected chi connectivity index (χ2v) is 7.05. The molecule has 1 aliphatic heterocycles. The highest BCUT2D eigenvalue weighted by atomic mass is 32.2. The highest BCUT2D eigenvalue weighted by Crippen LogP contribution is 2.50. The molecule has 1 unspecified atom stereocenters. The van der Waals surface area contributed by atoms with Gasteiger partial charge in [0.05, 0.1) is 11.4 Å². The van der Waals surface area contributed by atoms with Crippen molar-refractivity contribution in [3.05, 3.63) is 40.8 Å². The predicted molar refractivity (Wildman–Crippen MR) is 94.7 cm³/mol. The Bertz CT molecular complexity index is 893. The van der Waals surface area contributed by atoms with Gasteiger partial charge in [0.1, 0.15) is 5.69 Å². The molecule has 0 saturated heterocycles. The Labute approximate surface area is 157 Å². The van der Waals surface area contributed by atoms with E-state index in [-0.39, 0.29) is 17.1 Å². The fourth-order valence-corrected chi connectivity index (χ4v) is 3.99. The van der Waals surface area contributed by atoms with Crippen molar-refractivity contribution in [1.82, 2.24) is 15.2 Å². The van der Waals surface area contributed by atoms with Crippen LogP contribution in [0.4, 0.5) is 24.7 Å². The van der Waals surface area contributed by atoms with Gasteiger partial charge in [-0.15, -0.1) is 10.2 Å². The second-order valence-electron chi connectivity index (χ2n) is 5.82. The van der Waals surface area contributed by atoms with E-state index in [2.05, 4.69) is 15.2 Å². The van der Waals surface area contributed by atoms with E-state index in [0.29, 0.717) is 17.1 Å². The summed E-state index contributed by atoms with van der Waals surface area (Å²) in [6, 6.07) is 4.55. The summed E-state index contributed by atoms with van der Waals surface area (Å²) in [6.07, 6.45) is -5.23. The molecule has 3 heterocycles. The first kappa shape index (κ1) is 19.2. The molecular weight excluding hydrogens is 383 g/mol. The highest BCUT2D eigenvalue weighted by molar-refractivity contribution is 8.00. The number of carboxylic acids is 1. The quantitative estimate of drug-likeness (QED) is 0.782. The smallest absolute Gasteiger partial charge is 0.435 e. The van der Waals surface area contributed by atoms with Gasteiger partial charge in [-0.1, -0.05) is 13.0 Å². The third-order valence-corrected chi connectivity index (χ3v) is 5.02. The average Bonchev–Trinajstić information content (AvgIpc) is 2.87. The largest absolute Gasteiger partial charge is 0.477 e. The minimum Gasteiger partial charge on any atom is -0.477 e. The van der Waals surface area contributed by atoms with Crippen LogP contribution in [0.15, 0.2) is 18.2 Å². The zero-order valence-electron chi connectivity index (χ0n) is 14.7. The number of carboxylic acid groups (broad SMARTS) is 1. The van der Waals surface area contributed by atoms with Gasteiger partial charge in [-0.2, -0.15) is 13.2 Å². The van der Waals surface area contributed by atoms with E-state index in [0.717, 1.165) is 0 Å². The molecule has 1 atom stereocenters. The van der Waals surface area contributed by atoms with Crippen LogP contribution in [-0.4, -0.2) is 39.1 Å². The van der Waals surface area contributed by atoms with Crippen molar-refractivity contribution in [3.8, 4) is 0 Å². The molecule has 0 aromatic carbocycles. The third-order valence-electron chi connectivity index (χ3n) is 4.10. The highest BCUT2D eigenvalue weighted by Gasteiger charge is 2.44. The van der Waals surface area contributed by atoms with E-state index in [1.54, 1.807) is 28.4 Å². The zero-order valence-corrected chi connectivity index (χ0v) is 15.5. The van der Waals surface area contributed by atoms with Gasteiger partial charge in [0.2, 0.25) is 0 Å². The molecule has 144 valence electrons. The summed E-state index contributed by atoms with van der Waals surface area (Å²) in [6.45, 7) is 3.23. The molecule has 0 bridgehead atoms. The standard InChI is InChI=1S/C16H16F3N5O2S/c1-4-27-24-11-8(2)12(16(17,18)19)21-22-13(11)23(3)14(24)9-6-5-7-10(20-9)15(25)26/h5-7,14H,4H2,1-3H3,(H,25,26). The average molecular weight is 399 g/mol. The van der Waals surface area contributed by atoms with Gasteiger partial charge in [0, 0.05) is 18.4 Å². The van der Waals surface area contributed by atoms with Crippen LogP contribution in [-0.2, 0) is 6.18 Å². The van der Waals surface area contributed by atoms with Crippen LogP contribution in [0.5, 0.6) is 0 Å². The molecule has 7 nitrogen and oxygen atoms in total. The number of anilines is 2. The van der Waals surface area contributed by atoms with Crippen molar-refractivity contribution in [1.29, 1.82) is 0 Å². The van der Waals surface area contributed by atoms with E-state index in [1.165, 1.54) is 24.9 Å². The molecule has 0 amide bonds. The molecular formula is C16H16F3N5O2S. The molecule has 2 aromatic rings. The number of pyridine rings is 1. The predicted octanol–water partition coefficient (Wildman–Crippen LogP) is 3.52. The van der Waals surface area contributed by atoms with Gasteiger partial charge in [-0.25, -0.2) is 9.78 Å². The van der Waals surface area contributed by atoms with Crippen molar-refractivity contribution in [2.45, 2.75) is 26.2 Å². The van der Waals surface area contributed by atoms with Crippen LogP contribution in [0, 0.1) is 6.92 Å². The van der Waals surface area contributed by atoms with Crippen LogP contribution >= 0.6 is 11.9 Å². The van der Waals surface area contributed by atoms with Crippen LogP contribution in [0.2, 0.25) is 0 Å². The molecule has 1 N–H and O–H groups in total. The van der Waals surface area contributed by atoms with E-state index < -0.39 is 24.0 Å². The molecule has 0 saturated carbocycles. The first-order chi connectivity index (χ1) is 12.7. The summed E-state index contributed by atoms with van der Waals surface area (Å²) in [5.41, 5.74) is -0.512. The first-order valence-corrected chi connectivity index (χ1v) is 8.90. The summed E-state index contributed by atoms with van der Waals surface area (Å²) in [5, 5.41) is 16.4. The minimum atomic E-state index is -4.62. The Balaban J connectivity index is 2.16. The van der Waals surface area contributed by atoms with E-state index >= 15 is 0 Å². The maximum Gasteiger partial charge on any atom is 0.435 e. The van der Waals surface area contributed by atoms with Crippen molar-refractivity contribution in [2.24, 2.45) is 0 Å². The van der Waals surface area contributed by atoms with E-state index in [1.807, 2.05) is 6.92 Å². The monoisotopic (exact) mass is 399 g/mol. The molecule has 1 aliphatic rings. The number of aromatic carboxylic acids is 1. The minimum absolute atomic E-state index is 0.0304. The lowest BCUT2D eigenvalue weighted by Gasteiger charge is -2.29. The van der Waals surface area contributed by atoms with Crippen LogP contribution < -0.4 is 9.21 Å². The van der Waals surface area contributed by atoms with Crippen molar-refractivity contribution < 1.29 is 23.1 Å². The van der Waals surface area contributed by atoms with Crippen molar-refractivity contribution >= 4 is 29.4 Å². The van der Waals surface area contributed by atoms with Crippen molar-refractivity contribution in [3.63, 3.8) is 0 Å². The van der Waals surface area contributed by atoms with Gasteiger partial charge in [0.15, 0.2) is 17.7 Å². The number of nitrogens with zero attached hydrogens (tertiary/aromatic N) is 5. The van der Waals surface area contributed by atoms with Gasteiger partial charge < -0.3 is 10.0 Å². The SMILES string of the molecule is CCSN1c2c(nnc(C(F)(F)F)c2C)N(C)C1c1cccc(C(=O)O)n1. The summed E-state index contributed by atoms with van der Waals surface area (Å²) in [7, 11) is 1.66. The third kappa shape index (κ3) is 3.27. The fraction of sp³-hybridized carbons (Fsp3) is 0.375. The molecule has 11 heteroatoms. The Kier molecular flexibility index (Phi) is 4.89. The molecule has 2 aromatic heterocycles. The number of hydrogen-bond donors (Lipinski definition) is 1. The van der Waals surface area contributed by atoms with Crippen LogP contribution in [0.1, 0.15) is 40.5 Å². The van der Waals surface area contributed by atoms with E-state index in [4.69, 9.17) is 0 Å². The molecule has 27 heavy (non-hydrogen) atoms. The Morgan fingerprint density at radius 1 is 1.33 bits per heavy atom. The number of rotatable bonds is 4. The lowest BCUT2D eigenvalue weighted by molar-refractivity contribution is -0.142. The fourth-order valence-electron chi connectivity index (χ4n) is 2.97. The van der Waals surface area contributed by atoms with Crippen LogP contribution in [0.3, 0.4) is 0 Å². The summed E-state index contributed by atoms with van der Waals surface area (Å²) < 4.78 is 41.5. The molecule has 0 fully saturated rings. The van der Waals surface area contributed by atoms with Crippen LogP contribution in [0.25, 0.3) is 0 Å². The van der Waals surface area contributed by atoms with Gasteiger partial charge in [-0.05, 0) is 31.0 Å². The van der Waals surface area contributed by atoms with E-state index in [9.17, 15) is 23.1 Å². The maximum atomic E-state index is 13.3. The Morgan fingerprint density at radius 2 is 2.04 bits per heavy atom. The van der Waals surface area contributed by atoms with Gasteiger partial charge in [-0.3, -0.25) is 4.31 Å². The summed E-state index contributed by atoms with van der Waals surface area (Å²) in [5.74, 6) is -0.306. The lowest BCUT2D eigenvalue weighted by Crippen LogP contribution is -2.30. The summed E-state index contributed by atoms with van der Waals surface area (Å²) >= 11 is 1.31. The molecule has 0 radical (unpaired) electrons. The zero-order chi connectivity index (χ0) is 19.9. The van der Waals surface area contributed by atoms with Crippen molar-refractivity contribution in [2.75, 3.05) is 22.0 Å². The Hall–Kier alpha value is -2.56. The number of carbonyl (C=O) groups is 1. The number of halogens is 3. The lowest BCUT2D eigenvalue weighted by atomic mass is 10.2. The normalized spacial score (nSPS) is 16.6. The number of alkyl halides is 3. The van der Waals surface area contributed by atoms with Gasteiger partial charge in [0.25, 0.3) is 0 Å². The second kappa shape index (κ2) is 6.87. The maximum absolute atomic E-state index is 13.3. The Morgan fingerprint density at radius 3 is 2.63 bits per heavy atom. The number of hydrogen-bond acceptors (Lipinski definition) is 7. The number of aromatic nitrogens is 3. The molecule has 0 aliphatic carbocycles. The molecule has 3 rings (SSSR count). The van der Waals surface area contributed by atoms with Gasteiger partial charge >= 0.3 is 12.1 Å².